The Balaban J connectivity index is 1.83. The van der Waals surface area contributed by atoms with Crippen molar-refractivity contribution in [3.8, 4) is 0 Å². The van der Waals surface area contributed by atoms with Gasteiger partial charge in [0.1, 0.15) is 5.92 Å². The van der Waals surface area contributed by atoms with Gasteiger partial charge in [0.25, 0.3) is 5.56 Å². The van der Waals surface area contributed by atoms with Gasteiger partial charge in [0.05, 0.1) is 24.9 Å². The lowest BCUT2D eigenvalue weighted by Gasteiger charge is -2.39. The van der Waals surface area contributed by atoms with Crippen molar-refractivity contribution < 1.29 is 14.7 Å². The van der Waals surface area contributed by atoms with Crippen LogP contribution < -0.4 is 21.5 Å². The van der Waals surface area contributed by atoms with Crippen molar-refractivity contribution in [2.75, 3.05) is 25.1 Å². The molecule has 1 aromatic carbocycles. The summed E-state index contributed by atoms with van der Waals surface area (Å²) < 4.78 is 3.62. The molecule has 0 radical (unpaired) electrons. The maximum Gasteiger partial charge on any atom is 0.332 e. The summed E-state index contributed by atoms with van der Waals surface area (Å²) in [5.41, 5.74) is 1.17. The van der Waals surface area contributed by atoms with Crippen molar-refractivity contribution in [2.24, 2.45) is 20.0 Å². The third-order valence-electron chi connectivity index (χ3n) is 6.69. The molecule has 1 saturated heterocycles. The van der Waals surface area contributed by atoms with Crippen molar-refractivity contribution in [3.63, 3.8) is 0 Å². The fourth-order valence-electron chi connectivity index (χ4n) is 4.72. The maximum atomic E-state index is 14.0. The Bertz CT molecular complexity index is 1530. The summed E-state index contributed by atoms with van der Waals surface area (Å²) in [5, 5.41) is 12.7. The Morgan fingerprint density at radius 1 is 1.03 bits per heavy atom. The monoisotopic (exact) mass is 479 g/mol. The number of aliphatic hydroxyl groups is 1. The lowest BCUT2D eigenvalue weighted by atomic mass is 9.86. The lowest BCUT2D eigenvalue weighted by Crippen LogP contribution is -2.54. The van der Waals surface area contributed by atoms with E-state index in [0.717, 1.165) is 15.7 Å². The van der Waals surface area contributed by atoms with Gasteiger partial charge < -0.3 is 10.4 Å². The van der Waals surface area contributed by atoms with Gasteiger partial charge in [-0.05, 0) is 12.5 Å². The van der Waals surface area contributed by atoms with Gasteiger partial charge in [-0.1, -0.05) is 29.8 Å². The number of nitrogens with one attached hydrogen (secondary N) is 1. The Hall–Kier alpha value is -4.19. The molecule has 12 nitrogen and oxygen atoms in total. The molecular weight excluding hydrogens is 454 g/mol. The second kappa shape index (κ2) is 7.94. The van der Waals surface area contributed by atoms with Gasteiger partial charge in [0.15, 0.2) is 11.2 Å². The van der Waals surface area contributed by atoms with Crippen LogP contribution in [0, 0.1) is 12.8 Å². The van der Waals surface area contributed by atoms with E-state index in [1.54, 1.807) is 13.2 Å². The molecule has 4 heterocycles. The zero-order chi connectivity index (χ0) is 25.2. The third kappa shape index (κ3) is 3.21. The fourth-order valence-corrected chi connectivity index (χ4v) is 4.72. The number of β-amino-alcohol motifs (C(OH)–C–C–N with tert-alkyl or cyclic N) is 1. The van der Waals surface area contributed by atoms with Crippen LogP contribution in [0.4, 0.5) is 10.7 Å². The number of aromatic nitrogens is 4. The normalized spacial score (nSPS) is 19.9. The predicted octanol–water partition coefficient (Wildman–Crippen LogP) is -0.108. The number of hydrogen-bond acceptors (Lipinski definition) is 6. The molecule has 2 N–H and O–H groups in total. The molecule has 2 aromatic heterocycles. The van der Waals surface area contributed by atoms with Crippen LogP contribution in [0.3, 0.4) is 0 Å². The van der Waals surface area contributed by atoms with Crippen LogP contribution in [0.25, 0.3) is 17.4 Å². The molecule has 5 rings (SSSR count). The summed E-state index contributed by atoms with van der Waals surface area (Å²) in [6.45, 7) is 1.50. The molecule has 1 fully saturated rings. The summed E-state index contributed by atoms with van der Waals surface area (Å²) in [6.07, 6.45) is 1.55. The Morgan fingerprint density at radius 2 is 1.71 bits per heavy atom. The molecule has 2 aliphatic heterocycles. The fraction of sp³-hybridized carbons (Fsp3) is 0.348. The number of urea groups is 1. The van der Waals surface area contributed by atoms with E-state index in [2.05, 4.69) is 10.3 Å². The van der Waals surface area contributed by atoms with E-state index in [-0.39, 0.29) is 30.3 Å². The Kier molecular flexibility index (Phi) is 5.13. The third-order valence-corrected chi connectivity index (χ3v) is 6.69. The number of aliphatic hydroxyl groups excluding tert-OH is 1. The van der Waals surface area contributed by atoms with Gasteiger partial charge in [0, 0.05) is 27.3 Å². The first kappa shape index (κ1) is 22.6. The van der Waals surface area contributed by atoms with E-state index < -0.39 is 35.1 Å². The van der Waals surface area contributed by atoms with Crippen LogP contribution >= 0.6 is 0 Å². The average molecular weight is 479 g/mol. The van der Waals surface area contributed by atoms with Crippen LogP contribution in [0.5, 0.6) is 0 Å². The zero-order valence-corrected chi connectivity index (χ0v) is 19.7. The lowest BCUT2D eigenvalue weighted by molar-refractivity contribution is -0.123. The van der Waals surface area contributed by atoms with Gasteiger partial charge >= 0.3 is 11.7 Å². The number of benzene rings is 1. The summed E-state index contributed by atoms with van der Waals surface area (Å²) in [5.74, 6) is -1.17. The van der Waals surface area contributed by atoms with Crippen molar-refractivity contribution in [3.05, 3.63) is 61.9 Å². The first-order valence-corrected chi connectivity index (χ1v) is 11.1. The highest BCUT2D eigenvalue weighted by molar-refractivity contribution is 6.01. The number of aryl methyl sites for hydroxylation is 2. The molecule has 0 aliphatic carbocycles. The average Bonchev–Trinajstić information content (AvgIpc) is 3.16. The number of hydrogen-bond donors (Lipinski definition) is 2. The van der Waals surface area contributed by atoms with Crippen molar-refractivity contribution in [1.82, 2.24) is 28.9 Å². The highest BCUT2D eigenvalue weighted by Crippen LogP contribution is 2.39. The molecule has 3 amide bonds. The number of amides is 3. The molecule has 182 valence electrons. The molecular formula is C23H25N7O5. The molecule has 35 heavy (non-hydrogen) atoms. The first-order chi connectivity index (χ1) is 16.6. The van der Waals surface area contributed by atoms with Crippen LogP contribution in [0.2, 0.25) is 0 Å². The molecule has 0 bridgehead atoms. The SMILES string of the molecule is Cc1ccc(C2NC(=O)N(C)C3=Cn4c(nc5c4c(=O)n(C)c(=O)n5C)N(CCO)C(=O)C32)cc1. The molecule has 2 aliphatic rings. The van der Waals surface area contributed by atoms with Crippen LogP contribution in [0.15, 0.2) is 39.6 Å². The molecule has 12 heteroatoms. The van der Waals surface area contributed by atoms with Gasteiger partial charge in [-0.3, -0.25) is 33.1 Å². The topological polar surface area (TPSA) is 135 Å². The summed E-state index contributed by atoms with van der Waals surface area (Å²) in [6, 6.07) is 6.43. The minimum absolute atomic E-state index is 0.0831. The van der Waals surface area contributed by atoms with Crippen LogP contribution in [-0.4, -0.2) is 60.8 Å². The molecule has 0 spiro atoms. The number of carbonyl (C=O) groups excluding carboxylic acids is 2. The van der Waals surface area contributed by atoms with Crippen molar-refractivity contribution in [2.45, 2.75) is 13.0 Å². The van der Waals surface area contributed by atoms with E-state index in [4.69, 9.17) is 0 Å². The number of fused-ring (bicyclic) bond motifs is 4. The van der Waals surface area contributed by atoms with Crippen molar-refractivity contribution >= 4 is 35.3 Å². The van der Waals surface area contributed by atoms with Gasteiger partial charge in [-0.15, -0.1) is 0 Å². The van der Waals surface area contributed by atoms with E-state index >= 15 is 0 Å². The van der Waals surface area contributed by atoms with E-state index in [1.165, 1.54) is 33.0 Å². The highest BCUT2D eigenvalue weighted by Gasteiger charge is 2.46. The number of nitrogens with zero attached hydrogens (tertiary/aromatic N) is 6. The minimum atomic E-state index is -0.847. The predicted molar refractivity (Wildman–Crippen MR) is 128 cm³/mol. The van der Waals surface area contributed by atoms with Crippen molar-refractivity contribution in [1.29, 1.82) is 0 Å². The number of rotatable bonds is 3. The number of imidazole rings is 1. The van der Waals surface area contributed by atoms with Crippen LogP contribution in [0.1, 0.15) is 17.2 Å². The molecule has 2 unspecified atom stereocenters. The summed E-state index contributed by atoms with van der Waals surface area (Å²) >= 11 is 0. The summed E-state index contributed by atoms with van der Waals surface area (Å²) in [7, 11) is 4.39. The van der Waals surface area contributed by atoms with Gasteiger partial charge in [-0.25, -0.2) is 9.59 Å². The minimum Gasteiger partial charge on any atom is -0.395 e. The zero-order valence-electron chi connectivity index (χ0n) is 19.7. The second-order valence-corrected chi connectivity index (χ2v) is 8.80. The van der Waals surface area contributed by atoms with E-state index in [9.17, 15) is 24.3 Å². The molecule has 0 saturated carbocycles. The standard InChI is InChI=1S/C23H25N7O5/c1-12-5-7-13(8-6-12)16-15-14(26(2)22(34)24-16)11-30-17-18(27(3)23(35)28(4)20(17)33)25-21(30)29(9-10-31)19(15)32/h5-8,11,15-16,31H,9-10H2,1-4H3,(H,24,34). The van der Waals surface area contributed by atoms with E-state index in [0.29, 0.717) is 5.70 Å². The summed E-state index contributed by atoms with van der Waals surface area (Å²) in [4.78, 5) is 59.7. The number of anilines is 1. The van der Waals surface area contributed by atoms with Gasteiger partial charge in [0.2, 0.25) is 11.9 Å². The second-order valence-electron chi connectivity index (χ2n) is 8.80. The number of carbonyl (C=O) groups is 2. The Morgan fingerprint density at radius 3 is 2.37 bits per heavy atom. The highest BCUT2D eigenvalue weighted by atomic mass is 16.3. The van der Waals surface area contributed by atoms with E-state index in [1.807, 2.05) is 31.2 Å². The maximum absolute atomic E-state index is 14.0. The quantitative estimate of drug-likeness (QED) is 0.538. The smallest absolute Gasteiger partial charge is 0.332 e. The largest absolute Gasteiger partial charge is 0.395 e. The Labute approximate surface area is 199 Å². The van der Waals surface area contributed by atoms with Crippen LogP contribution in [-0.2, 0) is 18.9 Å². The molecule has 2 atom stereocenters. The van der Waals surface area contributed by atoms with Gasteiger partial charge in [-0.2, -0.15) is 4.98 Å². The first-order valence-electron chi connectivity index (χ1n) is 11.1. The molecule has 3 aromatic rings.